The fourth-order valence-electron chi connectivity index (χ4n) is 2.19. The van der Waals surface area contributed by atoms with E-state index in [1.165, 1.54) is 16.8 Å². The third kappa shape index (κ3) is 3.33. The van der Waals surface area contributed by atoms with Gasteiger partial charge in [-0.2, -0.15) is 10.4 Å². The summed E-state index contributed by atoms with van der Waals surface area (Å²) in [7, 11) is 0. The first kappa shape index (κ1) is 17.0. The van der Waals surface area contributed by atoms with E-state index in [9.17, 15) is 10.4 Å². The van der Waals surface area contributed by atoms with E-state index in [1.807, 2.05) is 30.3 Å². The van der Waals surface area contributed by atoms with Gasteiger partial charge in [-0.15, -0.1) is 10.2 Å². The highest BCUT2D eigenvalue weighted by atomic mass is 35.5. The first-order chi connectivity index (χ1) is 12.0. The molecule has 0 atom stereocenters. The standard InChI is InChI=1S/C17H11Cl2N5O/c1-10-12(9-20)17(24(23-10)11-5-3-2-4-6-11)22-21-15-7-14(19)16(25)8-13(15)18/h2-8,25H,1H3. The second kappa shape index (κ2) is 6.93. The van der Waals surface area contributed by atoms with E-state index in [4.69, 9.17) is 23.2 Å². The molecule has 25 heavy (non-hydrogen) atoms. The molecule has 2 aromatic carbocycles. The molecular weight excluding hydrogens is 361 g/mol. The Bertz CT molecular complexity index is 1010. The van der Waals surface area contributed by atoms with Gasteiger partial charge in [0.1, 0.15) is 23.1 Å². The van der Waals surface area contributed by atoms with Gasteiger partial charge < -0.3 is 5.11 Å². The molecule has 0 aliphatic heterocycles. The first-order valence-corrected chi connectivity index (χ1v) is 7.91. The van der Waals surface area contributed by atoms with Crippen LogP contribution in [0.15, 0.2) is 52.7 Å². The van der Waals surface area contributed by atoms with Crippen LogP contribution in [0.25, 0.3) is 5.69 Å². The number of nitriles is 1. The van der Waals surface area contributed by atoms with Crippen molar-refractivity contribution >= 4 is 34.7 Å². The highest BCUT2D eigenvalue weighted by molar-refractivity contribution is 6.36. The number of aryl methyl sites for hydroxylation is 1. The summed E-state index contributed by atoms with van der Waals surface area (Å²) < 4.78 is 1.54. The molecule has 1 heterocycles. The van der Waals surface area contributed by atoms with Crippen LogP contribution >= 0.6 is 23.2 Å². The van der Waals surface area contributed by atoms with E-state index in [0.717, 1.165) is 5.69 Å². The van der Waals surface area contributed by atoms with Crippen molar-refractivity contribution in [1.82, 2.24) is 9.78 Å². The zero-order chi connectivity index (χ0) is 18.0. The number of phenolic OH excluding ortho intramolecular Hbond substituents is 1. The third-order valence-electron chi connectivity index (χ3n) is 3.42. The summed E-state index contributed by atoms with van der Waals surface area (Å²) in [4.78, 5) is 0. The van der Waals surface area contributed by atoms with E-state index in [0.29, 0.717) is 11.3 Å². The molecule has 0 aliphatic rings. The lowest BCUT2D eigenvalue weighted by Crippen LogP contribution is -1.95. The molecule has 0 fully saturated rings. The Labute approximate surface area is 153 Å². The van der Waals surface area contributed by atoms with Crippen LogP contribution in [0.1, 0.15) is 11.3 Å². The maximum Gasteiger partial charge on any atom is 0.196 e. The van der Waals surface area contributed by atoms with Gasteiger partial charge in [0.2, 0.25) is 0 Å². The fraction of sp³-hybridized carbons (Fsp3) is 0.0588. The van der Waals surface area contributed by atoms with E-state index >= 15 is 0 Å². The Morgan fingerprint density at radius 1 is 1.12 bits per heavy atom. The number of phenols is 1. The van der Waals surface area contributed by atoms with Crippen molar-refractivity contribution in [1.29, 1.82) is 5.26 Å². The predicted molar refractivity (Wildman–Crippen MR) is 95.3 cm³/mol. The smallest absolute Gasteiger partial charge is 0.196 e. The normalized spacial score (nSPS) is 11.0. The second-order valence-electron chi connectivity index (χ2n) is 5.10. The molecule has 6 nitrogen and oxygen atoms in total. The lowest BCUT2D eigenvalue weighted by Gasteiger charge is -2.04. The van der Waals surface area contributed by atoms with E-state index in [2.05, 4.69) is 21.4 Å². The first-order valence-electron chi connectivity index (χ1n) is 7.16. The molecule has 1 aromatic heterocycles. The van der Waals surface area contributed by atoms with Crippen LogP contribution in [0.5, 0.6) is 5.75 Å². The molecule has 0 aliphatic carbocycles. The SMILES string of the molecule is Cc1nn(-c2ccccc2)c(N=Nc2cc(Cl)c(O)cc2Cl)c1C#N. The molecule has 0 unspecified atom stereocenters. The maximum absolute atomic E-state index is 9.54. The maximum atomic E-state index is 9.54. The van der Waals surface area contributed by atoms with Crippen molar-refractivity contribution in [2.75, 3.05) is 0 Å². The molecule has 8 heteroatoms. The Kier molecular flexibility index (Phi) is 4.70. The van der Waals surface area contributed by atoms with Gasteiger partial charge in [0, 0.05) is 6.07 Å². The van der Waals surface area contributed by atoms with Crippen LogP contribution in [0.4, 0.5) is 11.5 Å². The van der Waals surface area contributed by atoms with Crippen LogP contribution in [0.2, 0.25) is 10.0 Å². The van der Waals surface area contributed by atoms with Gasteiger partial charge in [-0.25, -0.2) is 4.68 Å². The van der Waals surface area contributed by atoms with Gasteiger partial charge >= 0.3 is 0 Å². The number of hydrogen-bond donors (Lipinski definition) is 1. The number of aromatic nitrogens is 2. The lowest BCUT2D eigenvalue weighted by molar-refractivity contribution is 0.475. The average molecular weight is 372 g/mol. The zero-order valence-corrected chi connectivity index (χ0v) is 14.5. The third-order valence-corrected chi connectivity index (χ3v) is 4.02. The minimum atomic E-state index is -0.145. The molecule has 124 valence electrons. The predicted octanol–water partition coefficient (Wildman–Crippen LogP) is 5.48. The summed E-state index contributed by atoms with van der Waals surface area (Å²) in [6, 6.07) is 14.0. The largest absolute Gasteiger partial charge is 0.506 e. The van der Waals surface area contributed by atoms with Gasteiger partial charge in [0.25, 0.3) is 0 Å². The minimum Gasteiger partial charge on any atom is -0.506 e. The molecule has 0 radical (unpaired) electrons. The Balaban J connectivity index is 2.12. The van der Waals surface area contributed by atoms with E-state index < -0.39 is 0 Å². The summed E-state index contributed by atoms with van der Waals surface area (Å²) in [5, 5.41) is 31.8. The highest BCUT2D eigenvalue weighted by Gasteiger charge is 2.16. The summed E-state index contributed by atoms with van der Waals surface area (Å²) in [5.41, 5.74) is 1.87. The fourth-order valence-corrected chi connectivity index (χ4v) is 2.54. The van der Waals surface area contributed by atoms with Crippen molar-refractivity contribution in [3.63, 3.8) is 0 Å². The van der Waals surface area contributed by atoms with Gasteiger partial charge in [-0.3, -0.25) is 0 Å². The number of rotatable bonds is 3. The topological polar surface area (TPSA) is 86.6 Å². The quantitative estimate of drug-likeness (QED) is 0.618. The van der Waals surface area contributed by atoms with Crippen molar-refractivity contribution < 1.29 is 5.11 Å². The second-order valence-corrected chi connectivity index (χ2v) is 5.91. The molecule has 0 spiro atoms. The number of halogens is 2. The molecule has 0 amide bonds. The summed E-state index contributed by atoms with van der Waals surface area (Å²) in [6.07, 6.45) is 0. The molecule has 0 bridgehead atoms. The van der Waals surface area contributed by atoms with Crippen LogP contribution < -0.4 is 0 Å². The van der Waals surface area contributed by atoms with Crippen LogP contribution in [-0.2, 0) is 0 Å². The van der Waals surface area contributed by atoms with Gasteiger partial charge in [0.05, 0.1) is 21.4 Å². The van der Waals surface area contributed by atoms with Gasteiger partial charge in [0.15, 0.2) is 5.82 Å². The highest BCUT2D eigenvalue weighted by Crippen LogP contribution is 2.36. The molecule has 0 saturated heterocycles. The van der Waals surface area contributed by atoms with Crippen LogP contribution in [-0.4, -0.2) is 14.9 Å². The van der Waals surface area contributed by atoms with Crippen LogP contribution in [0, 0.1) is 18.3 Å². The van der Waals surface area contributed by atoms with E-state index in [1.54, 1.807) is 6.92 Å². The monoisotopic (exact) mass is 371 g/mol. The summed E-state index contributed by atoms with van der Waals surface area (Å²) in [6.45, 7) is 1.72. The van der Waals surface area contributed by atoms with Gasteiger partial charge in [-0.1, -0.05) is 41.4 Å². The average Bonchev–Trinajstić information content (AvgIpc) is 2.93. The molecule has 3 aromatic rings. The summed E-state index contributed by atoms with van der Waals surface area (Å²) in [5.74, 6) is 0.139. The number of hydrogen-bond acceptors (Lipinski definition) is 5. The minimum absolute atomic E-state index is 0.103. The van der Waals surface area contributed by atoms with Crippen molar-refractivity contribution in [3.05, 3.63) is 63.8 Å². The Morgan fingerprint density at radius 2 is 1.84 bits per heavy atom. The lowest BCUT2D eigenvalue weighted by atomic mass is 10.2. The number of nitrogens with zero attached hydrogens (tertiary/aromatic N) is 5. The molecule has 1 N–H and O–H groups in total. The van der Waals surface area contributed by atoms with Gasteiger partial charge in [-0.05, 0) is 25.1 Å². The van der Waals surface area contributed by atoms with E-state index in [-0.39, 0.29) is 27.3 Å². The Hall–Kier alpha value is -2.88. The van der Waals surface area contributed by atoms with Crippen molar-refractivity contribution in [2.45, 2.75) is 6.92 Å². The molecule has 0 saturated carbocycles. The number of aromatic hydroxyl groups is 1. The number of azo groups is 1. The van der Waals surface area contributed by atoms with Crippen molar-refractivity contribution in [2.24, 2.45) is 10.2 Å². The molecular formula is C17H11Cl2N5O. The molecule has 3 rings (SSSR count). The zero-order valence-electron chi connectivity index (χ0n) is 13.0. The van der Waals surface area contributed by atoms with Crippen molar-refractivity contribution in [3.8, 4) is 17.5 Å². The Morgan fingerprint density at radius 3 is 2.52 bits per heavy atom. The summed E-state index contributed by atoms with van der Waals surface area (Å²) >= 11 is 11.9. The number of benzene rings is 2. The number of para-hydroxylation sites is 1. The van der Waals surface area contributed by atoms with Crippen LogP contribution in [0.3, 0.4) is 0 Å².